The molecule has 0 radical (unpaired) electrons. The lowest BCUT2D eigenvalue weighted by Crippen LogP contribution is -2.53. The Labute approximate surface area is 134 Å². The van der Waals surface area contributed by atoms with Gasteiger partial charge in [0.15, 0.2) is 0 Å². The number of benzene rings is 1. The molecule has 1 saturated heterocycles. The summed E-state index contributed by atoms with van der Waals surface area (Å²) < 4.78 is 0. The van der Waals surface area contributed by atoms with Gasteiger partial charge in [-0.2, -0.15) is 0 Å². The van der Waals surface area contributed by atoms with Crippen molar-refractivity contribution in [2.45, 2.75) is 31.8 Å². The zero-order valence-electron chi connectivity index (χ0n) is 14.1. The number of aliphatic hydroxyl groups is 1. The van der Waals surface area contributed by atoms with Gasteiger partial charge in [-0.05, 0) is 51.2 Å². The van der Waals surface area contributed by atoms with Gasteiger partial charge in [0.2, 0.25) is 0 Å². The average molecular weight is 306 g/mol. The maximum atomic E-state index is 11.4. The fourth-order valence-corrected chi connectivity index (χ4v) is 3.48. The van der Waals surface area contributed by atoms with Crippen molar-refractivity contribution < 1.29 is 10.2 Å². The minimum absolute atomic E-state index is 0.148. The Kier molecular flexibility index (Phi) is 5.84. The number of phenols is 1. The lowest BCUT2D eigenvalue weighted by Gasteiger charge is -2.46. The number of nitrogens with zero attached hydrogens (tertiary/aromatic N) is 2. The maximum absolute atomic E-state index is 11.4. The molecule has 124 valence electrons. The summed E-state index contributed by atoms with van der Waals surface area (Å²) in [6.07, 6.45) is 3.13. The first-order chi connectivity index (χ1) is 10.5. The smallest absolute Gasteiger partial charge is 0.115 e. The minimum Gasteiger partial charge on any atom is -0.508 e. The number of rotatable bonds is 6. The Hall–Kier alpha value is -1.10. The van der Waals surface area contributed by atoms with E-state index in [9.17, 15) is 10.2 Å². The van der Waals surface area contributed by atoms with E-state index in [4.69, 9.17) is 0 Å². The van der Waals surface area contributed by atoms with E-state index in [2.05, 4.69) is 16.7 Å². The van der Waals surface area contributed by atoms with Gasteiger partial charge in [0.25, 0.3) is 0 Å². The van der Waals surface area contributed by atoms with Crippen LogP contribution in [0.25, 0.3) is 0 Å². The van der Waals surface area contributed by atoms with Gasteiger partial charge < -0.3 is 20.0 Å². The highest BCUT2D eigenvalue weighted by Gasteiger charge is 2.42. The van der Waals surface area contributed by atoms with Crippen molar-refractivity contribution in [1.29, 1.82) is 0 Å². The molecule has 4 heteroatoms. The molecule has 2 unspecified atom stereocenters. The van der Waals surface area contributed by atoms with Crippen molar-refractivity contribution in [3.05, 3.63) is 29.8 Å². The molecule has 0 bridgehead atoms. The van der Waals surface area contributed by atoms with Crippen LogP contribution in [0, 0.1) is 5.92 Å². The van der Waals surface area contributed by atoms with Gasteiger partial charge in [-0.1, -0.05) is 25.5 Å². The quantitative estimate of drug-likeness (QED) is 0.846. The molecule has 2 N–H and O–H groups in total. The lowest BCUT2D eigenvalue weighted by molar-refractivity contribution is -0.0847. The van der Waals surface area contributed by atoms with E-state index >= 15 is 0 Å². The van der Waals surface area contributed by atoms with Crippen molar-refractivity contribution in [2.75, 3.05) is 40.3 Å². The van der Waals surface area contributed by atoms with Gasteiger partial charge in [-0.3, -0.25) is 0 Å². The third-order valence-corrected chi connectivity index (χ3v) is 4.72. The second kappa shape index (κ2) is 7.44. The summed E-state index contributed by atoms with van der Waals surface area (Å²) in [4.78, 5) is 4.61. The molecule has 22 heavy (non-hydrogen) atoms. The highest BCUT2D eigenvalue weighted by atomic mass is 16.3. The van der Waals surface area contributed by atoms with Gasteiger partial charge in [0.05, 0.1) is 5.60 Å². The second-order valence-corrected chi connectivity index (χ2v) is 6.84. The molecule has 1 heterocycles. The lowest BCUT2D eigenvalue weighted by atomic mass is 9.75. The topological polar surface area (TPSA) is 46.9 Å². The Morgan fingerprint density at radius 2 is 2.14 bits per heavy atom. The number of likely N-dealkylation sites (tertiary alicyclic amines) is 1. The first-order valence-corrected chi connectivity index (χ1v) is 8.34. The number of aromatic hydroxyl groups is 1. The molecular weight excluding hydrogens is 276 g/mol. The fourth-order valence-electron chi connectivity index (χ4n) is 3.48. The van der Waals surface area contributed by atoms with Crippen LogP contribution in [0.2, 0.25) is 0 Å². The molecule has 0 aromatic heterocycles. The molecule has 1 aliphatic rings. The van der Waals surface area contributed by atoms with Gasteiger partial charge in [0.1, 0.15) is 5.75 Å². The Morgan fingerprint density at radius 3 is 2.77 bits per heavy atom. The summed E-state index contributed by atoms with van der Waals surface area (Å²) in [6, 6.07) is 7.12. The summed E-state index contributed by atoms with van der Waals surface area (Å²) in [5, 5.41) is 21.1. The largest absolute Gasteiger partial charge is 0.508 e. The van der Waals surface area contributed by atoms with E-state index in [1.807, 2.05) is 26.2 Å². The third-order valence-electron chi connectivity index (χ3n) is 4.72. The zero-order valence-corrected chi connectivity index (χ0v) is 14.1. The van der Waals surface area contributed by atoms with E-state index in [0.29, 0.717) is 0 Å². The molecule has 2 rings (SSSR count). The summed E-state index contributed by atoms with van der Waals surface area (Å²) in [6.45, 7) is 5.98. The first kappa shape index (κ1) is 17.3. The van der Waals surface area contributed by atoms with Gasteiger partial charge in [0, 0.05) is 25.6 Å². The predicted octanol–water partition coefficient (Wildman–Crippen LogP) is 2.26. The minimum atomic E-state index is -0.855. The normalized spacial score (nSPS) is 26.5. The SMILES string of the molecule is CCCCN1CCC(O)(c2cccc(O)c2)C(CN(C)C)C1. The first-order valence-electron chi connectivity index (χ1n) is 8.34. The summed E-state index contributed by atoms with van der Waals surface area (Å²) in [7, 11) is 4.10. The number of piperidine rings is 1. The van der Waals surface area contributed by atoms with Crippen molar-refractivity contribution in [3.63, 3.8) is 0 Å². The zero-order chi connectivity index (χ0) is 16.2. The van der Waals surface area contributed by atoms with E-state index in [1.54, 1.807) is 12.1 Å². The van der Waals surface area contributed by atoms with Crippen LogP contribution in [0.1, 0.15) is 31.7 Å². The number of phenolic OH excluding ortho intramolecular Hbond substituents is 1. The molecule has 1 aromatic carbocycles. The Bertz CT molecular complexity index is 478. The van der Waals surface area contributed by atoms with Crippen LogP contribution in [-0.4, -0.2) is 60.3 Å². The number of unbranched alkanes of at least 4 members (excludes halogenated alkanes) is 1. The van der Waals surface area contributed by atoms with Crippen LogP contribution in [0.5, 0.6) is 5.75 Å². The Morgan fingerprint density at radius 1 is 1.36 bits per heavy atom. The third kappa shape index (κ3) is 4.00. The average Bonchev–Trinajstić information content (AvgIpc) is 2.47. The monoisotopic (exact) mass is 306 g/mol. The van der Waals surface area contributed by atoms with Crippen LogP contribution in [0.15, 0.2) is 24.3 Å². The molecule has 0 spiro atoms. The summed E-state index contributed by atoms with van der Waals surface area (Å²) in [5.74, 6) is 0.373. The van der Waals surface area contributed by atoms with Crippen molar-refractivity contribution in [2.24, 2.45) is 5.92 Å². The van der Waals surface area contributed by atoms with Crippen molar-refractivity contribution in [3.8, 4) is 5.75 Å². The predicted molar refractivity (Wildman–Crippen MR) is 90.0 cm³/mol. The van der Waals surface area contributed by atoms with Crippen LogP contribution >= 0.6 is 0 Å². The molecule has 2 atom stereocenters. The second-order valence-electron chi connectivity index (χ2n) is 6.84. The van der Waals surface area contributed by atoms with Crippen LogP contribution in [0.3, 0.4) is 0 Å². The van der Waals surface area contributed by atoms with Gasteiger partial charge >= 0.3 is 0 Å². The summed E-state index contributed by atoms with van der Waals surface area (Å²) >= 11 is 0. The molecule has 4 nitrogen and oxygen atoms in total. The van der Waals surface area contributed by atoms with E-state index < -0.39 is 5.60 Å². The molecule has 1 aromatic rings. The maximum Gasteiger partial charge on any atom is 0.115 e. The standard InChI is InChI=1S/C18H30N2O2/c1-4-5-10-20-11-9-18(22,16(14-20)13-19(2)3)15-7-6-8-17(21)12-15/h6-8,12,16,21-22H,4-5,9-11,13-14H2,1-3H3. The van der Waals surface area contributed by atoms with Crippen LogP contribution in [0.4, 0.5) is 0 Å². The molecule has 0 aliphatic carbocycles. The Balaban J connectivity index is 2.20. The van der Waals surface area contributed by atoms with Crippen molar-refractivity contribution in [1.82, 2.24) is 9.80 Å². The number of hydrogen-bond acceptors (Lipinski definition) is 4. The van der Waals surface area contributed by atoms with Crippen LogP contribution < -0.4 is 0 Å². The van der Waals surface area contributed by atoms with Crippen LogP contribution in [-0.2, 0) is 5.60 Å². The highest BCUT2D eigenvalue weighted by molar-refractivity contribution is 5.32. The molecule has 0 saturated carbocycles. The summed E-state index contributed by atoms with van der Waals surface area (Å²) in [5.41, 5.74) is -0.0133. The fraction of sp³-hybridized carbons (Fsp3) is 0.667. The van der Waals surface area contributed by atoms with E-state index in [-0.39, 0.29) is 11.7 Å². The van der Waals surface area contributed by atoms with E-state index in [0.717, 1.165) is 38.2 Å². The van der Waals surface area contributed by atoms with Gasteiger partial charge in [-0.25, -0.2) is 0 Å². The molecule has 0 amide bonds. The van der Waals surface area contributed by atoms with Crippen molar-refractivity contribution >= 4 is 0 Å². The van der Waals surface area contributed by atoms with Gasteiger partial charge in [-0.15, -0.1) is 0 Å². The molecule has 1 aliphatic heterocycles. The van der Waals surface area contributed by atoms with E-state index in [1.165, 1.54) is 12.8 Å². The molecule has 1 fully saturated rings. The number of hydrogen-bond donors (Lipinski definition) is 2. The highest BCUT2D eigenvalue weighted by Crippen LogP contribution is 2.38. The molecular formula is C18H30N2O2.